The highest BCUT2D eigenvalue weighted by molar-refractivity contribution is 5.27. The second-order valence-corrected chi connectivity index (χ2v) is 5.03. The number of nitrogens with zero attached hydrogens (tertiary/aromatic N) is 1. The minimum absolute atomic E-state index is 0.110. The average Bonchev–Trinajstić information content (AvgIpc) is 2.29. The second kappa shape index (κ2) is 6.03. The van der Waals surface area contributed by atoms with E-state index in [2.05, 4.69) is 37.9 Å². The van der Waals surface area contributed by atoms with Crippen LogP contribution in [-0.4, -0.2) is 31.1 Å². The first-order chi connectivity index (χ1) is 7.96. The Labute approximate surface area is 105 Å². The first-order valence-electron chi connectivity index (χ1n) is 6.07. The Hall–Kier alpha value is -1.06. The standard InChI is InChI=1S/C14H24N2O/c1-5-14(2,15)11-16(3)10-12-6-8-13(17-4)9-7-12/h6-9H,5,10-11,15H2,1-4H3. The molecule has 0 radical (unpaired) electrons. The molecule has 0 heterocycles. The van der Waals surface area contributed by atoms with Gasteiger partial charge >= 0.3 is 0 Å². The third-order valence-electron chi connectivity index (χ3n) is 3.05. The van der Waals surface area contributed by atoms with Crippen molar-refractivity contribution in [3.63, 3.8) is 0 Å². The zero-order valence-corrected chi connectivity index (χ0v) is 11.4. The molecule has 1 rings (SSSR count). The predicted octanol–water partition coefficient (Wildman–Crippen LogP) is 2.25. The van der Waals surface area contributed by atoms with E-state index in [9.17, 15) is 0 Å². The van der Waals surface area contributed by atoms with E-state index in [1.165, 1.54) is 5.56 Å². The van der Waals surface area contributed by atoms with Crippen LogP contribution in [0.15, 0.2) is 24.3 Å². The Morgan fingerprint density at radius 2 is 1.88 bits per heavy atom. The smallest absolute Gasteiger partial charge is 0.118 e. The second-order valence-electron chi connectivity index (χ2n) is 5.03. The quantitative estimate of drug-likeness (QED) is 0.823. The number of ether oxygens (including phenoxy) is 1. The van der Waals surface area contributed by atoms with Crippen LogP contribution in [0.2, 0.25) is 0 Å². The van der Waals surface area contributed by atoms with E-state index in [4.69, 9.17) is 10.5 Å². The molecule has 1 aromatic rings. The largest absolute Gasteiger partial charge is 0.497 e. The van der Waals surface area contributed by atoms with Crippen LogP contribution in [0.1, 0.15) is 25.8 Å². The summed E-state index contributed by atoms with van der Waals surface area (Å²) < 4.78 is 5.14. The fourth-order valence-corrected chi connectivity index (χ4v) is 1.83. The molecule has 0 aromatic heterocycles. The molecule has 0 aliphatic heterocycles. The molecular formula is C14H24N2O. The number of hydrogen-bond acceptors (Lipinski definition) is 3. The van der Waals surface area contributed by atoms with Crippen molar-refractivity contribution < 1.29 is 4.74 Å². The number of methoxy groups -OCH3 is 1. The molecule has 0 spiro atoms. The molecule has 1 unspecified atom stereocenters. The van der Waals surface area contributed by atoms with E-state index in [0.29, 0.717) is 0 Å². The SMILES string of the molecule is CCC(C)(N)CN(C)Cc1ccc(OC)cc1. The van der Waals surface area contributed by atoms with Crippen molar-refractivity contribution in [1.29, 1.82) is 0 Å². The number of rotatable bonds is 6. The van der Waals surface area contributed by atoms with Gasteiger partial charge in [-0.15, -0.1) is 0 Å². The van der Waals surface area contributed by atoms with E-state index >= 15 is 0 Å². The van der Waals surface area contributed by atoms with Gasteiger partial charge in [0.2, 0.25) is 0 Å². The van der Waals surface area contributed by atoms with Gasteiger partial charge in [0.25, 0.3) is 0 Å². The topological polar surface area (TPSA) is 38.5 Å². The highest BCUT2D eigenvalue weighted by Crippen LogP contribution is 2.14. The van der Waals surface area contributed by atoms with E-state index < -0.39 is 0 Å². The minimum atomic E-state index is -0.110. The molecule has 96 valence electrons. The Balaban J connectivity index is 2.52. The molecule has 0 amide bonds. The molecule has 0 fully saturated rings. The molecule has 1 aromatic carbocycles. The van der Waals surface area contributed by atoms with Crippen LogP contribution >= 0.6 is 0 Å². The molecule has 0 aliphatic rings. The van der Waals surface area contributed by atoms with Crippen LogP contribution < -0.4 is 10.5 Å². The summed E-state index contributed by atoms with van der Waals surface area (Å²) in [6.07, 6.45) is 0.986. The normalized spacial score (nSPS) is 14.7. The van der Waals surface area contributed by atoms with Gasteiger partial charge in [0.05, 0.1) is 7.11 Å². The number of likely N-dealkylation sites (N-methyl/N-ethyl adjacent to an activating group) is 1. The lowest BCUT2D eigenvalue weighted by Gasteiger charge is -2.29. The lowest BCUT2D eigenvalue weighted by atomic mass is 10.00. The number of hydrogen-bond donors (Lipinski definition) is 1. The van der Waals surface area contributed by atoms with Crippen LogP contribution in [0.3, 0.4) is 0 Å². The first kappa shape index (κ1) is 14.0. The fraction of sp³-hybridized carbons (Fsp3) is 0.571. The molecule has 1 atom stereocenters. The van der Waals surface area contributed by atoms with Gasteiger partial charge < -0.3 is 15.4 Å². The molecule has 3 nitrogen and oxygen atoms in total. The van der Waals surface area contributed by atoms with Crippen LogP contribution in [0.4, 0.5) is 0 Å². The lowest BCUT2D eigenvalue weighted by molar-refractivity contribution is 0.246. The van der Waals surface area contributed by atoms with Gasteiger partial charge in [-0.1, -0.05) is 19.1 Å². The highest BCUT2D eigenvalue weighted by Gasteiger charge is 2.17. The Morgan fingerprint density at radius 3 is 2.35 bits per heavy atom. The lowest BCUT2D eigenvalue weighted by Crippen LogP contribution is -2.45. The molecule has 0 bridgehead atoms. The van der Waals surface area contributed by atoms with E-state index in [0.717, 1.165) is 25.3 Å². The Bertz CT molecular complexity index is 333. The van der Waals surface area contributed by atoms with Crippen molar-refractivity contribution in [1.82, 2.24) is 4.90 Å². The maximum atomic E-state index is 6.15. The molecule has 3 heteroatoms. The van der Waals surface area contributed by atoms with Gasteiger partial charge in [-0.2, -0.15) is 0 Å². The molecule has 0 aliphatic carbocycles. The molecule has 0 saturated heterocycles. The maximum absolute atomic E-state index is 6.15. The van der Waals surface area contributed by atoms with E-state index in [1.807, 2.05) is 12.1 Å². The monoisotopic (exact) mass is 236 g/mol. The minimum Gasteiger partial charge on any atom is -0.497 e. The highest BCUT2D eigenvalue weighted by atomic mass is 16.5. The van der Waals surface area contributed by atoms with Gasteiger partial charge in [0.1, 0.15) is 5.75 Å². The molecule has 17 heavy (non-hydrogen) atoms. The molecule has 2 N–H and O–H groups in total. The summed E-state index contributed by atoms with van der Waals surface area (Å²) in [5.41, 5.74) is 7.32. The van der Waals surface area contributed by atoms with Gasteiger partial charge in [0.15, 0.2) is 0 Å². The van der Waals surface area contributed by atoms with Crippen LogP contribution in [0.5, 0.6) is 5.75 Å². The van der Waals surface area contributed by atoms with Gasteiger partial charge in [-0.3, -0.25) is 0 Å². The van der Waals surface area contributed by atoms with Crippen molar-refractivity contribution in [2.24, 2.45) is 5.73 Å². The zero-order valence-electron chi connectivity index (χ0n) is 11.4. The summed E-state index contributed by atoms with van der Waals surface area (Å²) >= 11 is 0. The van der Waals surface area contributed by atoms with Crippen LogP contribution in [0, 0.1) is 0 Å². The van der Waals surface area contributed by atoms with Crippen molar-refractivity contribution in [2.45, 2.75) is 32.4 Å². The summed E-state index contributed by atoms with van der Waals surface area (Å²) in [4.78, 5) is 2.26. The molecular weight excluding hydrogens is 212 g/mol. The Morgan fingerprint density at radius 1 is 1.29 bits per heavy atom. The summed E-state index contributed by atoms with van der Waals surface area (Å²) in [6.45, 7) is 6.03. The third kappa shape index (κ3) is 4.75. The summed E-state index contributed by atoms with van der Waals surface area (Å²) in [5, 5.41) is 0. The first-order valence-corrected chi connectivity index (χ1v) is 6.07. The van der Waals surface area contributed by atoms with E-state index in [1.54, 1.807) is 7.11 Å². The molecule has 0 saturated carbocycles. The van der Waals surface area contributed by atoms with E-state index in [-0.39, 0.29) is 5.54 Å². The zero-order chi connectivity index (χ0) is 12.9. The summed E-state index contributed by atoms with van der Waals surface area (Å²) in [5.74, 6) is 0.897. The predicted molar refractivity (Wildman–Crippen MR) is 72.2 cm³/mol. The van der Waals surface area contributed by atoms with Crippen molar-refractivity contribution in [2.75, 3.05) is 20.7 Å². The summed E-state index contributed by atoms with van der Waals surface area (Å²) in [6, 6.07) is 8.17. The fourth-order valence-electron chi connectivity index (χ4n) is 1.83. The number of nitrogens with two attached hydrogens (primary N) is 1. The Kier molecular flexibility index (Phi) is 4.97. The maximum Gasteiger partial charge on any atom is 0.118 e. The van der Waals surface area contributed by atoms with Gasteiger partial charge in [0, 0.05) is 18.6 Å². The van der Waals surface area contributed by atoms with Crippen molar-refractivity contribution in [3.05, 3.63) is 29.8 Å². The number of benzene rings is 1. The van der Waals surface area contributed by atoms with Crippen molar-refractivity contribution >= 4 is 0 Å². The van der Waals surface area contributed by atoms with Gasteiger partial charge in [-0.05, 0) is 38.1 Å². The van der Waals surface area contributed by atoms with Crippen LogP contribution in [0.25, 0.3) is 0 Å². The average molecular weight is 236 g/mol. The van der Waals surface area contributed by atoms with Crippen LogP contribution in [-0.2, 0) is 6.54 Å². The third-order valence-corrected chi connectivity index (χ3v) is 3.05. The summed E-state index contributed by atoms with van der Waals surface area (Å²) in [7, 11) is 3.78. The van der Waals surface area contributed by atoms with Gasteiger partial charge in [-0.25, -0.2) is 0 Å². The van der Waals surface area contributed by atoms with Crippen molar-refractivity contribution in [3.8, 4) is 5.75 Å².